The van der Waals surface area contributed by atoms with Crippen molar-refractivity contribution < 1.29 is 4.79 Å². The predicted octanol–water partition coefficient (Wildman–Crippen LogP) is 3.46. The average Bonchev–Trinajstić information content (AvgIpc) is 2.41. The summed E-state index contributed by atoms with van der Waals surface area (Å²) in [4.78, 5) is 26.1. The molecule has 0 fully saturated rings. The summed E-state index contributed by atoms with van der Waals surface area (Å²) in [6.45, 7) is 1.80. The number of benzene rings is 1. The standard InChI is InChI=1S/C12H11N5OS3/c1-2-13-7-5-6(3-4-8(7)19)14-10(18)9-15-11(20)17-12(21)16-9/h2-5,19H,1H3,(H,14,18)(H2,15,16,17,20,21). The highest BCUT2D eigenvalue weighted by atomic mass is 32.1. The molecule has 0 aliphatic heterocycles. The fourth-order valence-electron chi connectivity index (χ4n) is 1.53. The Morgan fingerprint density at radius 3 is 2.86 bits per heavy atom. The summed E-state index contributed by atoms with van der Waals surface area (Å²) in [5.41, 5.74) is 1.23. The number of carbonyl (C=O) groups is 1. The number of thiol groups is 1. The van der Waals surface area contributed by atoms with E-state index in [0.29, 0.717) is 16.3 Å². The van der Waals surface area contributed by atoms with Gasteiger partial charge >= 0.3 is 0 Å². The van der Waals surface area contributed by atoms with Gasteiger partial charge in [-0.25, -0.2) is 0 Å². The molecule has 0 bridgehead atoms. The Balaban J connectivity index is 2.29. The van der Waals surface area contributed by atoms with Crippen LogP contribution in [-0.4, -0.2) is 27.1 Å². The van der Waals surface area contributed by atoms with Crippen LogP contribution in [0.2, 0.25) is 0 Å². The lowest BCUT2D eigenvalue weighted by Gasteiger charge is -2.06. The number of aromatic amines is 2. The van der Waals surface area contributed by atoms with Gasteiger partial charge < -0.3 is 15.3 Å². The van der Waals surface area contributed by atoms with E-state index in [4.69, 9.17) is 24.4 Å². The van der Waals surface area contributed by atoms with Crippen molar-refractivity contribution in [3.8, 4) is 0 Å². The molecule has 1 aromatic carbocycles. The molecule has 0 atom stereocenters. The number of aromatic nitrogens is 3. The molecule has 3 N–H and O–H groups in total. The van der Waals surface area contributed by atoms with Crippen LogP contribution in [0.5, 0.6) is 0 Å². The van der Waals surface area contributed by atoms with E-state index >= 15 is 0 Å². The van der Waals surface area contributed by atoms with Gasteiger partial charge in [-0.05, 0) is 49.6 Å². The molecule has 0 unspecified atom stereocenters. The highest BCUT2D eigenvalue weighted by Gasteiger charge is 2.09. The highest BCUT2D eigenvalue weighted by molar-refractivity contribution is 7.80. The third-order valence-electron chi connectivity index (χ3n) is 2.38. The summed E-state index contributed by atoms with van der Waals surface area (Å²) in [6, 6.07) is 5.17. The van der Waals surface area contributed by atoms with E-state index in [1.807, 2.05) is 0 Å². The van der Waals surface area contributed by atoms with Crippen molar-refractivity contribution in [1.82, 2.24) is 15.0 Å². The number of carbonyl (C=O) groups excluding carboxylic acids is 1. The molecule has 0 saturated carbocycles. The van der Waals surface area contributed by atoms with Gasteiger partial charge in [0.2, 0.25) is 10.6 Å². The lowest BCUT2D eigenvalue weighted by molar-refractivity contribution is 0.101. The van der Waals surface area contributed by atoms with Crippen LogP contribution in [0.3, 0.4) is 0 Å². The van der Waals surface area contributed by atoms with Crippen molar-refractivity contribution in [1.29, 1.82) is 0 Å². The van der Waals surface area contributed by atoms with Crippen LogP contribution in [-0.2, 0) is 0 Å². The third kappa shape index (κ3) is 4.06. The Morgan fingerprint density at radius 2 is 2.19 bits per heavy atom. The van der Waals surface area contributed by atoms with Gasteiger partial charge in [0, 0.05) is 16.8 Å². The first-order chi connectivity index (χ1) is 9.99. The molecule has 0 aliphatic carbocycles. The molecule has 0 radical (unpaired) electrons. The lowest BCUT2D eigenvalue weighted by atomic mass is 10.2. The van der Waals surface area contributed by atoms with Crippen molar-refractivity contribution in [2.45, 2.75) is 11.8 Å². The van der Waals surface area contributed by atoms with E-state index in [9.17, 15) is 4.79 Å². The molecular weight excluding hydrogens is 326 g/mol. The molecule has 21 heavy (non-hydrogen) atoms. The monoisotopic (exact) mass is 337 g/mol. The summed E-state index contributed by atoms with van der Waals surface area (Å²) >= 11 is 14.1. The van der Waals surface area contributed by atoms with E-state index in [2.05, 4.69) is 37.9 Å². The van der Waals surface area contributed by atoms with E-state index < -0.39 is 5.91 Å². The van der Waals surface area contributed by atoms with Crippen LogP contribution in [0, 0.1) is 9.54 Å². The Bertz CT molecular complexity index is 796. The summed E-state index contributed by atoms with van der Waals surface area (Å²) < 4.78 is 0.382. The van der Waals surface area contributed by atoms with Crippen molar-refractivity contribution in [3.05, 3.63) is 33.6 Å². The van der Waals surface area contributed by atoms with Gasteiger partial charge in [0.05, 0.1) is 5.69 Å². The van der Waals surface area contributed by atoms with Crippen LogP contribution in [0.25, 0.3) is 0 Å². The maximum absolute atomic E-state index is 12.1. The zero-order valence-corrected chi connectivity index (χ0v) is 13.4. The van der Waals surface area contributed by atoms with Gasteiger partial charge in [-0.1, -0.05) is 0 Å². The third-order valence-corrected chi connectivity index (χ3v) is 3.16. The van der Waals surface area contributed by atoms with Gasteiger partial charge in [-0.3, -0.25) is 9.79 Å². The summed E-state index contributed by atoms with van der Waals surface area (Å²) in [7, 11) is 0. The maximum Gasteiger partial charge on any atom is 0.291 e. The Morgan fingerprint density at radius 1 is 1.43 bits per heavy atom. The number of rotatable bonds is 3. The van der Waals surface area contributed by atoms with Crippen LogP contribution in [0.4, 0.5) is 11.4 Å². The molecule has 0 aliphatic rings. The van der Waals surface area contributed by atoms with Crippen molar-refractivity contribution in [3.63, 3.8) is 0 Å². The zero-order chi connectivity index (χ0) is 15.4. The molecular formula is C12H11N5OS3. The van der Waals surface area contributed by atoms with Gasteiger partial charge in [-0.15, -0.1) is 12.6 Å². The Hall–Kier alpha value is -1.84. The first kappa shape index (κ1) is 15.5. The number of H-pyrrole nitrogens is 2. The average molecular weight is 337 g/mol. The van der Waals surface area contributed by atoms with Gasteiger partial charge in [0.15, 0.2) is 4.77 Å². The quantitative estimate of drug-likeness (QED) is 0.392. The normalized spacial score (nSPS) is 10.8. The number of anilines is 1. The number of hydrogen-bond acceptors (Lipinski definition) is 6. The number of nitrogens with zero attached hydrogens (tertiary/aromatic N) is 2. The molecule has 108 valence electrons. The van der Waals surface area contributed by atoms with Crippen LogP contribution < -0.4 is 5.32 Å². The molecule has 9 heteroatoms. The number of nitrogens with one attached hydrogen (secondary N) is 3. The van der Waals surface area contributed by atoms with Crippen LogP contribution in [0.1, 0.15) is 17.5 Å². The number of amides is 1. The minimum absolute atomic E-state index is 0.0410. The molecule has 2 aromatic rings. The molecule has 6 nitrogen and oxygen atoms in total. The molecule has 1 aromatic heterocycles. The number of aliphatic imine (C=N–C) groups is 1. The van der Waals surface area contributed by atoms with E-state index in [0.717, 1.165) is 0 Å². The summed E-state index contributed by atoms with van der Waals surface area (Å²) in [5, 5.41) is 2.69. The summed E-state index contributed by atoms with van der Waals surface area (Å²) in [6.07, 6.45) is 1.65. The SMILES string of the molecule is CC=Nc1cc(NC(=O)c2nc(=S)[nH]c(=S)[nH]2)ccc1S. The minimum Gasteiger partial charge on any atom is -0.319 e. The fourth-order valence-corrected chi connectivity index (χ4v) is 2.18. The van der Waals surface area contributed by atoms with Gasteiger partial charge in [0.25, 0.3) is 5.91 Å². The molecule has 2 rings (SSSR count). The zero-order valence-electron chi connectivity index (χ0n) is 10.9. The second kappa shape index (κ2) is 6.74. The number of hydrogen-bond donors (Lipinski definition) is 4. The Labute approximate surface area is 136 Å². The molecule has 0 saturated heterocycles. The first-order valence-electron chi connectivity index (χ1n) is 5.83. The minimum atomic E-state index is -0.445. The Kier molecular flexibility index (Phi) is 4.99. The predicted molar refractivity (Wildman–Crippen MR) is 90.1 cm³/mol. The van der Waals surface area contributed by atoms with E-state index in [1.54, 1.807) is 31.3 Å². The van der Waals surface area contributed by atoms with Crippen molar-refractivity contribution in [2.24, 2.45) is 4.99 Å². The first-order valence-corrected chi connectivity index (χ1v) is 7.09. The maximum atomic E-state index is 12.1. The molecule has 1 heterocycles. The lowest BCUT2D eigenvalue weighted by Crippen LogP contribution is -2.16. The van der Waals surface area contributed by atoms with E-state index in [-0.39, 0.29) is 15.4 Å². The van der Waals surface area contributed by atoms with Gasteiger partial charge in [-0.2, -0.15) is 4.98 Å². The van der Waals surface area contributed by atoms with Gasteiger partial charge in [0.1, 0.15) is 0 Å². The van der Waals surface area contributed by atoms with E-state index in [1.165, 1.54) is 0 Å². The smallest absolute Gasteiger partial charge is 0.291 e. The highest BCUT2D eigenvalue weighted by Crippen LogP contribution is 2.26. The second-order valence-corrected chi connectivity index (χ2v) is 5.17. The summed E-state index contributed by atoms with van der Waals surface area (Å²) in [5.74, 6) is -0.404. The van der Waals surface area contributed by atoms with Crippen molar-refractivity contribution in [2.75, 3.05) is 5.32 Å². The van der Waals surface area contributed by atoms with Crippen LogP contribution in [0.15, 0.2) is 28.1 Å². The molecule has 1 amide bonds. The topological polar surface area (TPSA) is 85.9 Å². The van der Waals surface area contributed by atoms with Crippen molar-refractivity contribution >= 4 is 60.6 Å². The molecule has 0 spiro atoms. The largest absolute Gasteiger partial charge is 0.319 e. The fraction of sp³-hybridized carbons (Fsp3) is 0.0833. The second-order valence-electron chi connectivity index (χ2n) is 3.89. The van der Waals surface area contributed by atoms with Crippen LogP contribution >= 0.6 is 37.1 Å².